The molecular weight excluding hydrogens is 258 g/mol. The van der Waals surface area contributed by atoms with Crippen molar-refractivity contribution in [1.29, 1.82) is 0 Å². The molecule has 0 unspecified atom stereocenters. The molecule has 3 rings (SSSR count). The molecule has 0 aliphatic heterocycles. The quantitative estimate of drug-likeness (QED) is 0.724. The molecule has 0 atom stereocenters. The Morgan fingerprint density at radius 1 is 1.16 bits per heavy atom. The van der Waals surface area contributed by atoms with Crippen molar-refractivity contribution in [2.24, 2.45) is 5.41 Å². The third-order valence-corrected chi connectivity index (χ3v) is 3.79. The third kappa shape index (κ3) is 2.25. The van der Waals surface area contributed by atoms with Crippen molar-refractivity contribution in [2.75, 3.05) is 0 Å². The Balaban J connectivity index is 0.00000133. The van der Waals surface area contributed by atoms with E-state index in [1.54, 1.807) is 0 Å². The number of ketones is 1. The number of carbonyl (C=O) groups excluding carboxylic acids is 1. The number of hydrogen-bond donors (Lipinski definition) is 0. The minimum atomic E-state index is 0. The normalized spacial score (nSPS) is 16.9. The molecule has 0 amide bonds. The second kappa shape index (κ2) is 4.61. The molecule has 0 bridgehead atoms. The summed E-state index contributed by atoms with van der Waals surface area (Å²) in [6.07, 6.45) is 1.51. The lowest BCUT2D eigenvalue weighted by Gasteiger charge is -2.30. The zero-order chi connectivity index (χ0) is 12.9. The zero-order valence-electron chi connectivity index (χ0n) is 11.5. The van der Waals surface area contributed by atoms with E-state index in [9.17, 15) is 4.79 Å². The van der Waals surface area contributed by atoms with E-state index >= 15 is 0 Å². The number of benzene rings is 1. The van der Waals surface area contributed by atoms with Crippen LogP contribution in [0.2, 0.25) is 0 Å². The predicted molar refractivity (Wildman–Crippen MR) is 80.2 cm³/mol. The Bertz CT molecular complexity index is 661. The zero-order valence-corrected chi connectivity index (χ0v) is 12.3. The lowest BCUT2D eigenvalue weighted by Crippen LogP contribution is -2.28. The summed E-state index contributed by atoms with van der Waals surface area (Å²) in [7, 11) is 0. The molecule has 2 aromatic rings. The maximum atomic E-state index is 12.3. The smallest absolute Gasteiger partial charge is 0.165 e. The average molecular weight is 276 g/mol. The van der Waals surface area contributed by atoms with Crippen molar-refractivity contribution >= 4 is 29.1 Å². The van der Waals surface area contributed by atoms with E-state index in [0.29, 0.717) is 6.42 Å². The van der Waals surface area contributed by atoms with Crippen LogP contribution >= 0.6 is 12.4 Å². The first-order valence-corrected chi connectivity index (χ1v) is 6.39. The van der Waals surface area contributed by atoms with Gasteiger partial charge in [-0.25, -0.2) is 0 Å². The van der Waals surface area contributed by atoms with E-state index in [4.69, 9.17) is 4.98 Å². The monoisotopic (exact) mass is 275 g/mol. The van der Waals surface area contributed by atoms with Crippen LogP contribution < -0.4 is 0 Å². The Hall–Kier alpha value is -1.41. The van der Waals surface area contributed by atoms with Crippen LogP contribution in [0.15, 0.2) is 24.3 Å². The molecule has 1 aromatic heterocycles. The summed E-state index contributed by atoms with van der Waals surface area (Å²) < 4.78 is 0. The molecule has 19 heavy (non-hydrogen) atoms. The molecule has 100 valence electrons. The second-order valence-electron chi connectivity index (χ2n) is 6.02. The number of Topliss-reactive ketones (excluding diaryl/α,β-unsaturated/α-hetero) is 1. The van der Waals surface area contributed by atoms with Gasteiger partial charge in [-0.3, -0.25) is 9.78 Å². The van der Waals surface area contributed by atoms with E-state index in [1.807, 2.05) is 31.2 Å². The molecule has 1 aliphatic carbocycles. The van der Waals surface area contributed by atoms with Gasteiger partial charge >= 0.3 is 0 Å². The molecule has 2 nitrogen and oxygen atoms in total. The van der Waals surface area contributed by atoms with Gasteiger partial charge in [-0.1, -0.05) is 32.0 Å². The minimum absolute atomic E-state index is 0. The molecule has 1 aromatic carbocycles. The first-order valence-electron chi connectivity index (χ1n) is 6.39. The summed E-state index contributed by atoms with van der Waals surface area (Å²) in [5.74, 6) is 0.247. The van der Waals surface area contributed by atoms with E-state index in [2.05, 4.69) is 13.8 Å². The molecule has 0 fully saturated rings. The first kappa shape index (κ1) is 14.0. The summed E-state index contributed by atoms with van der Waals surface area (Å²) in [5.41, 5.74) is 3.97. The van der Waals surface area contributed by atoms with Crippen molar-refractivity contribution in [3.8, 4) is 0 Å². The van der Waals surface area contributed by atoms with Crippen molar-refractivity contribution < 1.29 is 4.79 Å². The van der Waals surface area contributed by atoms with Crippen molar-refractivity contribution in [3.05, 3.63) is 41.1 Å². The topological polar surface area (TPSA) is 30.0 Å². The maximum absolute atomic E-state index is 12.3. The Morgan fingerprint density at radius 2 is 1.84 bits per heavy atom. The lowest BCUT2D eigenvalue weighted by molar-refractivity contribution is 0.0910. The van der Waals surface area contributed by atoms with Gasteiger partial charge < -0.3 is 0 Å². The van der Waals surface area contributed by atoms with Crippen LogP contribution in [-0.4, -0.2) is 10.8 Å². The van der Waals surface area contributed by atoms with Crippen LogP contribution in [0.3, 0.4) is 0 Å². The standard InChI is InChI=1S/C16H17NO.ClH/c1-10-11-6-4-5-7-12(11)17-13-8-16(2,3)9-14(18)15(10)13;/h4-7H,8-9H2,1-3H3;1H. The highest BCUT2D eigenvalue weighted by molar-refractivity contribution is 6.03. The number of rotatable bonds is 0. The van der Waals surface area contributed by atoms with Gasteiger partial charge in [0.25, 0.3) is 0 Å². The van der Waals surface area contributed by atoms with Gasteiger partial charge in [0.15, 0.2) is 5.78 Å². The lowest BCUT2D eigenvalue weighted by atomic mass is 9.74. The fourth-order valence-electron chi connectivity index (χ4n) is 2.98. The van der Waals surface area contributed by atoms with Gasteiger partial charge in [0, 0.05) is 17.4 Å². The molecule has 0 radical (unpaired) electrons. The van der Waals surface area contributed by atoms with Gasteiger partial charge in [0.1, 0.15) is 0 Å². The van der Waals surface area contributed by atoms with Crippen molar-refractivity contribution in [3.63, 3.8) is 0 Å². The number of hydrogen-bond acceptors (Lipinski definition) is 2. The highest BCUT2D eigenvalue weighted by Crippen LogP contribution is 2.36. The van der Waals surface area contributed by atoms with Gasteiger partial charge in [-0.2, -0.15) is 0 Å². The molecule has 1 aliphatic rings. The van der Waals surface area contributed by atoms with E-state index in [0.717, 1.165) is 34.1 Å². The van der Waals surface area contributed by atoms with Gasteiger partial charge in [-0.05, 0) is 30.4 Å². The summed E-state index contributed by atoms with van der Waals surface area (Å²) in [6.45, 7) is 6.32. The minimum Gasteiger partial charge on any atom is -0.294 e. The summed E-state index contributed by atoms with van der Waals surface area (Å²) in [4.78, 5) is 17.0. The molecule has 0 saturated heterocycles. The fourth-order valence-corrected chi connectivity index (χ4v) is 2.98. The van der Waals surface area contributed by atoms with Crippen LogP contribution in [0, 0.1) is 12.3 Å². The number of carbonyl (C=O) groups is 1. The molecule has 3 heteroatoms. The Kier molecular flexibility index (Phi) is 3.40. The second-order valence-corrected chi connectivity index (χ2v) is 6.02. The van der Waals surface area contributed by atoms with Gasteiger partial charge in [-0.15, -0.1) is 12.4 Å². The van der Waals surface area contributed by atoms with E-state index in [-0.39, 0.29) is 23.6 Å². The van der Waals surface area contributed by atoms with Crippen molar-refractivity contribution in [2.45, 2.75) is 33.6 Å². The largest absolute Gasteiger partial charge is 0.294 e. The number of halogens is 1. The van der Waals surface area contributed by atoms with E-state index < -0.39 is 0 Å². The Morgan fingerprint density at radius 3 is 2.58 bits per heavy atom. The van der Waals surface area contributed by atoms with Crippen LogP contribution in [-0.2, 0) is 6.42 Å². The molecule has 0 saturated carbocycles. The average Bonchev–Trinajstić information content (AvgIpc) is 2.26. The molecule has 1 heterocycles. The number of nitrogens with zero attached hydrogens (tertiary/aromatic N) is 1. The van der Waals surface area contributed by atoms with Crippen molar-refractivity contribution in [1.82, 2.24) is 4.98 Å². The van der Waals surface area contributed by atoms with E-state index in [1.165, 1.54) is 0 Å². The first-order chi connectivity index (χ1) is 8.48. The SMILES string of the molecule is Cc1c2c(nc3ccccc13)CC(C)(C)CC2=O.Cl. The summed E-state index contributed by atoms with van der Waals surface area (Å²) >= 11 is 0. The number of fused-ring (bicyclic) bond motifs is 2. The number of aromatic nitrogens is 1. The third-order valence-electron chi connectivity index (χ3n) is 3.79. The fraction of sp³-hybridized carbons (Fsp3) is 0.375. The van der Waals surface area contributed by atoms with Crippen LogP contribution in [0.4, 0.5) is 0 Å². The van der Waals surface area contributed by atoms with Crippen LogP contribution in [0.5, 0.6) is 0 Å². The Labute approximate surface area is 119 Å². The highest BCUT2D eigenvalue weighted by Gasteiger charge is 2.33. The van der Waals surface area contributed by atoms with Gasteiger partial charge in [0.05, 0.1) is 11.2 Å². The van der Waals surface area contributed by atoms with Crippen LogP contribution in [0.25, 0.3) is 10.9 Å². The molecule has 0 spiro atoms. The maximum Gasteiger partial charge on any atom is 0.165 e. The highest BCUT2D eigenvalue weighted by atomic mass is 35.5. The number of pyridine rings is 1. The predicted octanol–water partition coefficient (Wildman–Crippen LogP) is 4.12. The van der Waals surface area contributed by atoms with Gasteiger partial charge in [0.2, 0.25) is 0 Å². The summed E-state index contributed by atoms with van der Waals surface area (Å²) in [6, 6.07) is 8.07. The molecular formula is C16H18ClNO. The molecule has 0 N–H and O–H groups in total. The number of aryl methyl sites for hydroxylation is 1. The summed E-state index contributed by atoms with van der Waals surface area (Å²) in [5, 5.41) is 1.10. The number of para-hydroxylation sites is 1. The van der Waals surface area contributed by atoms with Crippen LogP contribution in [0.1, 0.15) is 41.9 Å².